The zero-order valence-electron chi connectivity index (χ0n) is 7.42. The Hall–Kier alpha value is -0.480. The first-order valence-electron chi connectivity index (χ1n) is 3.90. The van der Waals surface area contributed by atoms with E-state index >= 15 is 0 Å². The predicted octanol–water partition coefficient (Wildman–Crippen LogP) is 0.673. The van der Waals surface area contributed by atoms with Crippen molar-refractivity contribution in [2.24, 2.45) is 16.8 Å². The monoisotopic (exact) mass is 159 g/mol. The Bertz CT molecular complexity index is 129. The van der Waals surface area contributed by atoms with Crippen LogP contribution in [0, 0.1) is 10.8 Å². The fourth-order valence-corrected chi connectivity index (χ4v) is 0.884. The molecule has 0 aromatic heterocycles. The SMILES string of the molecule is CCNC(C)(N=O)C(C)CN. The molecule has 3 N–H and O–H groups in total. The first-order chi connectivity index (χ1) is 5.10. The molecule has 0 saturated carbocycles. The summed E-state index contributed by atoms with van der Waals surface area (Å²) in [5.74, 6) is 0.0694. The minimum Gasteiger partial charge on any atom is -0.330 e. The third kappa shape index (κ3) is 2.55. The van der Waals surface area contributed by atoms with Crippen LogP contribution in [-0.4, -0.2) is 18.8 Å². The van der Waals surface area contributed by atoms with Crippen molar-refractivity contribution in [3.05, 3.63) is 4.91 Å². The fourth-order valence-electron chi connectivity index (χ4n) is 0.884. The molecule has 0 aliphatic carbocycles. The van der Waals surface area contributed by atoms with E-state index in [-0.39, 0.29) is 5.92 Å². The van der Waals surface area contributed by atoms with Gasteiger partial charge in [-0.15, -0.1) is 4.91 Å². The number of nitroso groups, excluding NO2 is 1. The topological polar surface area (TPSA) is 67.5 Å². The Labute approximate surface area is 67.5 Å². The average Bonchev–Trinajstić information content (AvgIpc) is 2.03. The van der Waals surface area contributed by atoms with Crippen LogP contribution in [0.3, 0.4) is 0 Å². The Balaban J connectivity index is 4.18. The normalized spacial score (nSPS) is 18.9. The Kier molecular flexibility index (Phi) is 4.22. The molecule has 11 heavy (non-hydrogen) atoms. The van der Waals surface area contributed by atoms with E-state index in [2.05, 4.69) is 10.5 Å². The summed E-state index contributed by atoms with van der Waals surface area (Å²) in [5, 5.41) is 6.04. The van der Waals surface area contributed by atoms with Gasteiger partial charge in [0.1, 0.15) is 0 Å². The van der Waals surface area contributed by atoms with Gasteiger partial charge in [-0.1, -0.05) is 13.8 Å². The molecule has 0 bridgehead atoms. The molecule has 0 heterocycles. The van der Waals surface area contributed by atoms with Crippen LogP contribution in [0.4, 0.5) is 0 Å². The molecule has 4 nitrogen and oxygen atoms in total. The number of nitrogens with one attached hydrogen (secondary N) is 1. The Morgan fingerprint density at radius 2 is 2.27 bits per heavy atom. The smallest absolute Gasteiger partial charge is 0.153 e. The van der Waals surface area contributed by atoms with Gasteiger partial charge in [-0.2, -0.15) is 0 Å². The van der Waals surface area contributed by atoms with Crippen LogP contribution in [0.2, 0.25) is 0 Å². The Morgan fingerprint density at radius 1 is 1.73 bits per heavy atom. The summed E-state index contributed by atoms with van der Waals surface area (Å²) in [7, 11) is 0. The lowest BCUT2D eigenvalue weighted by atomic mass is 9.97. The van der Waals surface area contributed by atoms with Gasteiger partial charge >= 0.3 is 0 Å². The minimum absolute atomic E-state index is 0.0694. The van der Waals surface area contributed by atoms with Crippen molar-refractivity contribution < 1.29 is 0 Å². The maximum atomic E-state index is 10.4. The summed E-state index contributed by atoms with van der Waals surface area (Å²) in [6.45, 7) is 6.81. The van der Waals surface area contributed by atoms with Crippen LogP contribution in [0.15, 0.2) is 5.18 Å². The first-order valence-corrected chi connectivity index (χ1v) is 3.90. The van der Waals surface area contributed by atoms with Gasteiger partial charge in [0.25, 0.3) is 0 Å². The third-order valence-electron chi connectivity index (χ3n) is 2.04. The van der Waals surface area contributed by atoms with Crippen LogP contribution in [-0.2, 0) is 0 Å². The molecule has 0 spiro atoms. The van der Waals surface area contributed by atoms with E-state index in [1.165, 1.54) is 0 Å². The molecule has 0 amide bonds. The van der Waals surface area contributed by atoms with E-state index in [1.54, 1.807) is 6.92 Å². The molecule has 0 aliphatic rings. The van der Waals surface area contributed by atoms with E-state index in [0.29, 0.717) is 6.54 Å². The van der Waals surface area contributed by atoms with Crippen molar-refractivity contribution in [2.75, 3.05) is 13.1 Å². The third-order valence-corrected chi connectivity index (χ3v) is 2.04. The first kappa shape index (κ1) is 10.5. The van der Waals surface area contributed by atoms with E-state index < -0.39 is 5.66 Å². The van der Waals surface area contributed by atoms with E-state index in [0.717, 1.165) is 6.54 Å². The largest absolute Gasteiger partial charge is 0.330 e. The van der Waals surface area contributed by atoms with Crippen LogP contribution < -0.4 is 11.1 Å². The fraction of sp³-hybridized carbons (Fsp3) is 1.00. The number of nitrogens with zero attached hydrogens (tertiary/aromatic N) is 1. The van der Waals surface area contributed by atoms with Gasteiger partial charge in [0.05, 0.1) is 0 Å². The second-order valence-electron chi connectivity index (χ2n) is 2.91. The second kappa shape index (κ2) is 4.41. The molecule has 4 heteroatoms. The van der Waals surface area contributed by atoms with Gasteiger partial charge in [0, 0.05) is 5.92 Å². The predicted molar refractivity (Wildman–Crippen MR) is 46.1 cm³/mol. The van der Waals surface area contributed by atoms with Crippen molar-refractivity contribution >= 4 is 0 Å². The highest BCUT2D eigenvalue weighted by molar-refractivity contribution is 4.85. The highest BCUT2D eigenvalue weighted by atomic mass is 16.3. The van der Waals surface area contributed by atoms with Crippen LogP contribution in [0.5, 0.6) is 0 Å². The van der Waals surface area contributed by atoms with Crippen LogP contribution in [0.1, 0.15) is 20.8 Å². The molecule has 66 valence electrons. The van der Waals surface area contributed by atoms with Crippen molar-refractivity contribution in [3.8, 4) is 0 Å². The molecule has 0 rings (SSSR count). The molecule has 0 aliphatic heterocycles. The van der Waals surface area contributed by atoms with Crippen molar-refractivity contribution in [2.45, 2.75) is 26.4 Å². The molecule has 0 radical (unpaired) electrons. The maximum Gasteiger partial charge on any atom is 0.153 e. The molecule has 0 aromatic carbocycles. The summed E-state index contributed by atoms with van der Waals surface area (Å²) in [5.41, 5.74) is 4.72. The van der Waals surface area contributed by atoms with Gasteiger partial charge < -0.3 is 5.73 Å². The Morgan fingerprint density at radius 3 is 2.55 bits per heavy atom. The summed E-state index contributed by atoms with van der Waals surface area (Å²) in [4.78, 5) is 10.4. The van der Waals surface area contributed by atoms with E-state index in [4.69, 9.17) is 5.73 Å². The molecule has 2 atom stereocenters. The van der Waals surface area contributed by atoms with Crippen molar-refractivity contribution in [3.63, 3.8) is 0 Å². The summed E-state index contributed by atoms with van der Waals surface area (Å²) in [6, 6.07) is 0. The number of rotatable bonds is 5. The minimum atomic E-state index is -0.705. The second-order valence-corrected chi connectivity index (χ2v) is 2.91. The van der Waals surface area contributed by atoms with E-state index in [1.807, 2.05) is 13.8 Å². The number of hydrogen-bond donors (Lipinski definition) is 2. The maximum absolute atomic E-state index is 10.4. The lowest BCUT2D eigenvalue weighted by molar-refractivity contribution is 0.264. The highest BCUT2D eigenvalue weighted by Crippen LogP contribution is 2.16. The molecule has 2 unspecified atom stereocenters. The summed E-state index contributed by atoms with van der Waals surface area (Å²) >= 11 is 0. The van der Waals surface area contributed by atoms with Gasteiger partial charge in [0.2, 0.25) is 0 Å². The zero-order valence-corrected chi connectivity index (χ0v) is 7.42. The van der Waals surface area contributed by atoms with Crippen LogP contribution >= 0.6 is 0 Å². The number of hydrogen-bond acceptors (Lipinski definition) is 4. The standard InChI is InChI=1S/C7H17N3O/c1-4-9-7(3,10-11)6(2)5-8/h6,9H,4-5,8H2,1-3H3. The lowest BCUT2D eigenvalue weighted by Gasteiger charge is -2.28. The molecular weight excluding hydrogens is 142 g/mol. The molecule has 0 saturated heterocycles. The molecule has 0 aromatic rings. The quantitative estimate of drug-likeness (QED) is 0.579. The summed E-state index contributed by atoms with van der Waals surface area (Å²) in [6.07, 6.45) is 0. The van der Waals surface area contributed by atoms with Gasteiger partial charge in [-0.3, -0.25) is 5.32 Å². The molecular formula is C7H17N3O. The van der Waals surface area contributed by atoms with Gasteiger partial charge in [-0.25, -0.2) is 0 Å². The molecule has 0 fully saturated rings. The van der Waals surface area contributed by atoms with Crippen molar-refractivity contribution in [1.29, 1.82) is 0 Å². The average molecular weight is 159 g/mol. The summed E-state index contributed by atoms with van der Waals surface area (Å²) < 4.78 is 0. The lowest BCUT2D eigenvalue weighted by Crippen LogP contribution is -2.48. The van der Waals surface area contributed by atoms with Gasteiger partial charge in [0.15, 0.2) is 5.66 Å². The highest BCUT2D eigenvalue weighted by Gasteiger charge is 2.30. The van der Waals surface area contributed by atoms with E-state index in [9.17, 15) is 4.91 Å². The van der Waals surface area contributed by atoms with Crippen LogP contribution in [0.25, 0.3) is 0 Å². The number of nitrogens with two attached hydrogens (primary N) is 1. The zero-order chi connectivity index (χ0) is 8.91. The van der Waals surface area contributed by atoms with Gasteiger partial charge in [-0.05, 0) is 25.2 Å². The van der Waals surface area contributed by atoms with Crippen molar-refractivity contribution in [1.82, 2.24) is 5.32 Å².